The smallest absolute Gasteiger partial charge is 0.372 e. The van der Waals surface area contributed by atoms with Crippen molar-refractivity contribution in [2.45, 2.75) is 33.0 Å². The van der Waals surface area contributed by atoms with Crippen LogP contribution in [0.5, 0.6) is 0 Å². The molecule has 1 heterocycles. The zero-order valence-corrected chi connectivity index (χ0v) is 12.5. The Labute approximate surface area is 123 Å². The molecular weight excluding hydrogens is 272 g/mol. The van der Waals surface area contributed by atoms with Crippen LogP contribution in [-0.4, -0.2) is 29.9 Å². The zero-order chi connectivity index (χ0) is 15.5. The maximum absolute atomic E-state index is 11.2. The maximum atomic E-state index is 11.2. The number of aromatic carboxylic acids is 1. The molecule has 0 spiro atoms. The monoisotopic (exact) mass is 292 g/mol. The van der Waals surface area contributed by atoms with Crippen molar-refractivity contribution < 1.29 is 23.8 Å². The van der Waals surface area contributed by atoms with Gasteiger partial charge in [0.05, 0.1) is 25.4 Å². The summed E-state index contributed by atoms with van der Waals surface area (Å²) in [4.78, 5) is 11.2. The zero-order valence-electron chi connectivity index (χ0n) is 12.5. The number of benzene rings is 1. The van der Waals surface area contributed by atoms with Gasteiger partial charge in [-0.3, -0.25) is 0 Å². The number of hydrogen-bond acceptors (Lipinski definition) is 4. The van der Waals surface area contributed by atoms with Crippen LogP contribution in [0.25, 0.3) is 11.0 Å². The average Bonchev–Trinajstić information content (AvgIpc) is 2.76. The van der Waals surface area contributed by atoms with Crippen molar-refractivity contribution in [1.82, 2.24) is 0 Å². The van der Waals surface area contributed by atoms with Gasteiger partial charge in [0.15, 0.2) is 0 Å². The summed E-state index contributed by atoms with van der Waals surface area (Å²) in [5.41, 5.74) is 0.908. The van der Waals surface area contributed by atoms with Gasteiger partial charge in [0, 0.05) is 10.9 Å². The molecule has 5 nitrogen and oxygen atoms in total. The maximum Gasteiger partial charge on any atom is 0.372 e. The summed E-state index contributed by atoms with van der Waals surface area (Å²) in [7, 11) is 0. The number of carbonyl (C=O) groups is 1. The average molecular weight is 292 g/mol. The van der Waals surface area contributed by atoms with E-state index in [4.69, 9.17) is 13.9 Å². The van der Waals surface area contributed by atoms with Crippen LogP contribution >= 0.6 is 0 Å². The Bertz CT molecular complexity index is 621. The lowest BCUT2D eigenvalue weighted by Gasteiger charge is -2.19. The highest BCUT2D eigenvalue weighted by Crippen LogP contribution is 2.26. The molecule has 2 aromatic rings. The number of carboxylic acids is 1. The summed E-state index contributed by atoms with van der Waals surface area (Å²) in [5, 5.41) is 9.97. The van der Waals surface area contributed by atoms with Crippen LogP contribution in [0.15, 0.2) is 28.7 Å². The third kappa shape index (κ3) is 4.06. The van der Waals surface area contributed by atoms with E-state index < -0.39 is 5.97 Å². The molecule has 0 fully saturated rings. The first-order chi connectivity index (χ1) is 9.88. The van der Waals surface area contributed by atoms with Crippen molar-refractivity contribution in [3.05, 3.63) is 35.6 Å². The van der Waals surface area contributed by atoms with Gasteiger partial charge < -0.3 is 19.0 Å². The molecule has 0 saturated carbocycles. The summed E-state index contributed by atoms with van der Waals surface area (Å²) in [6.07, 6.45) is 0. The number of fused-ring (bicyclic) bond motifs is 1. The van der Waals surface area contributed by atoms with E-state index in [1.807, 2.05) is 32.9 Å². The Morgan fingerprint density at radius 2 is 1.95 bits per heavy atom. The minimum Gasteiger partial charge on any atom is -0.475 e. The second kappa shape index (κ2) is 6.28. The fourth-order valence-corrected chi connectivity index (χ4v) is 2.00. The van der Waals surface area contributed by atoms with Crippen molar-refractivity contribution in [3.8, 4) is 0 Å². The molecule has 0 bridgehead atoms. The molecule has 0 amide bonds. The van der Waals surface area contributed by atoms with Gasteiger partial charge in [-0.2, -0.15) is 0 Å². The molecule has 2 rings (SSSR count). The van der Waals surface area contributed by atoms with Crippen molar-refractivity contribution in [2.75, 3.05) is 13.2 Å². The number of carboxylic acid groups (broad SMARTS) is 1. The summed E-state index contributed by atoms with van der Waals surface area (Å²) in [5.74, 6) is -1.15. The topological polar surface area (TPSA) is 68.9 Å². The molecule has 1 aromatic carbocycles. The Morgan fingerprint density at radius 3 is 2.62 bits per heavy atom. The van der Waals surface area contributed by atoms with Crippen molar-refractivity contribution in [2.24, 2.45) is 0 Å². The fraction of sp³-hybridized carbons (Fsp3) is 0.438. The number of hydrogen-bond donors (Lipinski definition) is 1. The van der Waals surface area contributed by atoms with Crippen molar-refractivity contribution >= 4 is 16.9 Å². The van der Waals surface area contributed by atoms with Crippen LogP contribution < -0.4 is 0 Å². The van der Waals surface area contributed by atoms with Crippen LogP contribution in [0.1, 0.15) is 36.9 Å². The molecule has 21 heavy (non-hydrogen) atoms. The molecule has 5 heteroatoms. The lowest BCUT2D eigenvalue weighted by Crippen LogP contribution is -2.21. The third-order valence-corrected chi connectivity index (χ3v) is 2.90. The SMILES string of the molecule is CC(C)(C)OCCOCc1c(C(=O)O)oc2ccccc12. The van der Waals surface area contributed by atoms with Crippen LogP contribution in [0.4, 0.5) is 0 Å². The van der Waals surface area contributed by atoms with E-state index in [-0.39, 0.29) is 18.0 Å². The van der Waals surface area contributed by atoms with Crippen LogP contribution in [-0.2, 0) is 16.1 Å². The molecule has 0 aliphatic heterocycles. The molecule has 0 unspecified atom stereocenters. The number of para-hydroxylation sites is 1. The predicted octanol–water partition coefficient (Wildman–Crippen LogP) is 3.46. The third-order valence-electron chi connectivity index (χ3n) is 2.90. The molecule has 0 radical (unpaired) electrons. The Kier molecular flexibility index (Phi) is 4.65. The highest BCUT2D eigenvalue weighted by Gasteiger charge is 2.19. The van der Waals surface area contributed by atoms with E-state index in [0.29, 0.717) is 24.4 Å². The summed E-state index contributed by atoms with van der Waals surface area (Å²) in [6.45, 7) is 6.96. The van der Waals surface area contributed by atoms with Gasteiger partial charge in [-0.15, -0.1) is 0 Å². The van der Waals surface area contributed by atoms with Crippen molar-refractivity contribution in [1.29, 1.82) is 0 Å². The van der Waals surface area contributed by atoms with Gasteiger partial charge in [0.2, 0.25) is 5.76 Å². The van der Waals surface area contributed by atoms with E-state index in [1.165, 1.54) is 0 Å². The molecule has 0 aliphatic rings. The van der Waals surface area contributed by atoms with E-state index in [1.54, 1.807) is 12.1 Å². The normalized spacial score (nSPS) is 12.0. The summed E-state index contributed by atoms with van der Waals surface area (Å²) in [6, 6.07) is 7.22. The Hall–Kier alpha value is -1.85. The van der Waals surface area contributed by atoms with E-state index in [0.717, 1.165) is 5.39 Å². The number of furan rings is 1. The first kappa shape index (κ1) is 15.5. The van der Waals surface area contributed by atoms with Crippen LogP contribution in [0.2, 0.25) is 0 Å². The quantitative estimate of drug-likeness (QED) is 0.826. The van der Waals surface area contributed by atoms with Gasteiger partial charge in [-0.05, 0) is 26.8 Å². The molecule has 0 saturated heterocycles. The van der Waals surface area contributed by atoms with Crippen molar-refractivity contribution in [3.63, 3.8) is 0 Å². The van der Waals surface area contributed by atoms with Crippen LogP contribution in [0, 0.1) is 0 Å². The fourth-order valence-electron chi connectivity index (χ4n) is 2.00. The van der Waals surface area contributed by atoms with Gasteiger partial charge in [0.25, 0.3) is 0 Å². The summed E-state index contributed by atoms with van der Waals surface area (Å²) >= 11 is 0. The summed E-state index contributed by atoms with van der Waals surface area (Å²) < 4.78 is 16.4. The predicted molar refractivity (Wildman–Crippen MR) is 78.5 cm³/mol. The van der Waals surface area contributed by atoms with Crippen LogP contribution in [0.3, 0.4) is 0 Å². The molecular formula is C16H20O5. The first-order valence-electron chi connectivity index (χ1n) is 6.84. The van der Waals surface area contributed by atoms with E-state index >= 15 is 0 Å². The molecule has 0 atom stereocenters. The minimum atomic E-state index is -1.09. The Balaban J connectivity index is 2.04. The minimum absolute atomic E-state index is 0.0621. The lowest BCUT2D eigenvalue weighted by atomic mass is 10.1. The second-order valence-electron chi connectivity index (χ2n) is 5.72. The van der Waals surface area contributed by atoms with Gasteiger partial charge >= 0.3 is 5.97 Å². The number of ether oxygens (including phenoxy) is 2. The molecule has 0 aliphatic carbocycles. The van der Waals surface area contributed by atoms with Gasteiger partial charge in [0.1, 0.15) is 5.58 Å². The second-order valence-corrected chi connectivity index (χ2v) is 5.72. The largest absolute Gasteiger partial charge is 0.475 e. The highest BCUT2D eigenvalue weighted by atomic mass is 16.5. The molecule has 1 aromatic heterocycles. The Morgan fingerprint density at radius 1 is 1.24 bits per heavy atom. The van der Waals surface area contributed by atoms with Gasteiger partial charge in [-0.1, -0.05) is 18.2 Å². The standard InChI is InChI=1S/C16H20O5/c1-16(2,3)20-9-8-19-10-12-11-6-4-5-7-13(11)21-14(12)15(17)18/h4-7H,8-10H2,1-3H3,(H,17,18). The van der Waals surface area contributed by atoms with E-state index in [9.17, 15) is 9.90 Å². The molecule has 1 N–H and O–H groups in total. The van der Waals surface area contributed by atoms with Gasteiger partial charge in [-0.25, -0.2) is 4.79 Å². The number of rotatable bonds is 6. The highest BCUT2D eigenvalue weighted by molar-refractivity contribution is 5.94. The molecule has 114 valence electrons. The lowest BCUT2D eigenvalue weighted by molar-refractivity contribution is -0.0377. The first-order valence-corrected chi connectivity index (χ1v) is 6.84. The van der Waals surface area contributed by atoms with E-state index in [2.05, 4.69) is 0 Å².